The molecule has 1 saturated carbocycles. The van der Waals surface area contributed by atoms with Crippen molar-refractivity contribution in [2.45, 2.75) is 44.4 Å². The van der Waals surface area contributed by atoms with Gasteiger partial charge in [0.1, 0.15) is 17.3 Å². The van der Waals surface area contributed by atoms with Gasteiger partial charge in [-0.25, -0.2) is 13.6 Å². The Balaban J connectivity index is 1.45. The Morgan fingerprint density at radius 1 is 1.07 bits per heavy atom. The number of halogens is 2. The van der Waals surface area contributed by atoms with Crippen molar-refractivity contribution >= 4 is 17.4 Å². The van der Waals surface area contributed by atoms with Crippen LogP contribution in [0.25, 0.3) is 0 Å². The zero-order valence-corrected chi connectivity index (χ0v) is 15.6. The predicted molar refractivity (Wildman–Crippen MR) is 102 cm³/mol. The van der Waals surface area contributed by atoms with Gasteiger partial charge < -0.3 is 15.4 Å². The van der Waals surface area contributed by atoms with Crippen LogP contribution in [-0.4, -0.2) is 23.1 Å². The first-order valence-electron chi connectivity index (χ1n) is 9.29. The van der Waals surface area contributed by atoms with Crippen molar-refractivity contribution in [3.8, 4) is 0 Å². The van der Waals surface area contributed by atoms with E-state index in [-0.39, 0.29) is 35.7 Å². The van der Waals surface area contributed by atoms with Crippen molar-refractivity contribution in [1.82, 2.24) is 5.32 Å². The molecule has 0 saturated heterocycles. The maximum atomic E-state index is 13.7. The summed E-state index contributed by atoms with van der Waals surface area (Å²) >= 11 is 0. The molecule has 0 aliphatic heterocycles. The topological polar surface area (TPSA) is 93.5 Å². The number of rotatable bonds is 6. The number of anilines is 1. The molecule has 9 heteroatoms. The molecule has 0 aromatic heterocycles. The number of urea groups is 1. The zero-order chi connectivity index (χ0) is 20.8. The Bertz CT molecular complexity index is 866. The summed E-state index contributed by atoms with van der Waals surface area (Å²) in [4.78, 5) is 22.6. The van der Waals surface area contributed by atoms with Crippen molar-refractivity contribution in [2.24, 2.45) is 0 Å². The summed E-state index contributed by atoms with van der Waals surface area (Å²) in [6.45, 7) is -0.139. The number of hydrogen-bond donors (Lipinski definition) is 2. The summed E-state index contributed by atoms with van der Waals surface area (Å²) in [5, 5.41) is 16.3. The molecule has 1 fully saturated rings. The van der Waals surface area contributed by atoms with E-state index in [0.717, 1.165) is 0 Å². The molecule has 2 aromatic rings. The SMILES string of the molecule is O=C(Nc1ccccc1[N+](=O)[O-])N[C@H]1CC[C@H](OCc2c(F)cccc2F)CC1. The van der Waals surface area contributed by atoms with Crippen LogP contribution < -0.4 is 10.6 Å². The molecule has 1 aliphatic carbocycles. The minimum atomic E-state index is -0.632. The van der Waals surface area contributed by atoms with Gasteiger partial charge in [0.25, 0.3) is 5.69 Å². The van der Waals surface area contributed by atoms with E-state index in [0.29, 0.717) is 25.7 Å². The van der Waals surface area contributed by atoms with E-state index in [1.54, 1.807) is 6.07 Å². The van der Waals surface area contributed by atoms with E-state index < -0.39 is 22.6 Å². The number of hydrogen-bond acceptors (Lipinski definition) is 4. The number of carbonyl (C=O) groups excluding carboxylic acids is 1. The summed E-state index contributed by atoms with van der Waals surface area (Å²) in [6.07, 6.45) is 2.38. The van der Waals surface area contributed by atoms with Gasteiger partial charge >= 0.3 is 6.03 Å². The standard InChI is InChI=1S/C20H21F2N3O4/c21-16-4-3-5-17(22)15(16)12-29-14-10-8-13(9-11-14)23-20(26)24-18-6-1-2-7-19(18)25(27)28/h1-7,13-14H,8-12H2,(H2,23,24,26)/t13-,14-. The fourth-order valence-corrected chi connectivity index (χ4v) is 3.33. The first-order chi connectivity index (χ1) is 13.9. The van der Waals surface area contributed by atoms with Crippen LogP contribution in [0.2, 0.25) is 0 Å². The van der Waals surface area contributed by atoms with Gasteiger partial charge in [-0.3, -0.25) is 10.1 Å². The lowest BCUT2D eigenvalue weighted by molar-refractivity contribution is -0.383. The third-order valence-electron chi connectivity index (χ3n) is 4.88. The molecule has 154 valence electrons. The van der Waals surface area contributed by atoms with Crippen LogP contribution in [0.5, 0.6) is 0 Å². The highest BCUT2D eigenvalue weighted by Crippen LogP contribution is 2.25. The van der Waals surface area contributed by atoms with Crippen LogP contribution in [0.15, 0.2) is 42.5 Å². The fraction of sp³-hybridized carbons (Fsp3) is 0.350. The second-order valence-electron chi connectivity index (χ2n) is 6.86. The van der Waals surface area contributed by atoms with Gasteiger partial charge in [-0.1, -0.05) is 18.2 Å². The maximum absolute atomic E-state index is 13.7. The molecule has 0 unspecified atom stereocenters. The van der Waals surface area contributed by atoms with Crippen LogP contribution in [-0.2, 0) is 11.3 Å². The van der Waals surface area contributed by atoms with E-state index in [2.05, 4.69) is 10.6 Å². The first kappa shape index (κ1) is 20.7. The minimum Gasteiger partial charge on any atom is -0.373 e. The summed E-state index contributed by atoms with van der Waals surface area (Å²) in [5.74, 6) is -1.26. The maximum Gasteiger partial charge on any atom is 0.319 e. The molecule has 1 aliphatic rings. The first-order valence-corrected chi connectivity index (χ1v) is 9.29. The van der Waals surface area contributed by atoms with Crippen LogP contribution >= 0.6 is 0 Å². The van der Waals surface area contributed by atoms with Crippen molar-refractivity contribution < 1.29 is 23.2 Å². The van der Waals surface area contributed by atoms with Gasteiger partial charge in [-0.2, -0.15) is 0 Å². The van der Waals surface area contributed by atoms with Gasteiger partial charge in [0.15, 0.2) is 0 Å². The number of amides is 2. The van der Waals surface area contributed by atoms with Gasteiger partial charge in [-0.05, 0) is 43.9 Å². The average Bonchev–Trinajstić information content (AvgIpc) is 2.69. The number of ether oxygens (including phenoxy) is 1. The molecular formula is C20H21F2N3O4. The fourth-order valence-electron chi connectivity index (χ4n) is 3.33. The molecule has 7 nitrogen and oxygen atoms in total. The summed E-state index contributed by atoms with van der Waals surface area (Å²) in [7, 11) is 0. The Labute approximate surface area is 166 Å². The van der Waals surface area contributed by atoms with E-state index >= 15 is 0 Å². The summed E-state index contributed by atoms with van der Waals surface area (Å²) in [5.41, 5.74) is -0.143. The lowest BCUT2D eigenvalue weighted by Gasteiger charge is -2.29. The molecule has 3 rings (SSSR count). The molecule has 0 heterocycles. The minimum absolute atomic E-state index is 0.0865. The number of nitrogens with zero attached hydrogens (tertiary/aromatic N) is 1. The lowest BCUT2D eigenvalue weighted by Crippen LogP contribution is -2.41. The van der Waals surface area contributed by atoms with Crippen molar-refractivity contribution in [2.75, 3.05) is 5.32 Å². The van der Waals surface area contributed by atoms with Crippen molar-refractivity contribution in [1.29, 1.82) is 0 Å². The zero-order valence-electron chi connectivity index (χ0n) is 15.6. The normalized spacial score (nSPS) is 18.8. The molecule has 29 heavy (non-hydrogen) atoms. The Morgan fingerprint density at radius 2 is 1.72 bits per heavy atom. The Morgan fingerprint density at radius 3 is 2.38 bits per heavy atom. The smallest absolute Gasteiger partial charge is 0.319 e. The van der Waals surface area contributed by atoms with Crippen LogP contribution in [0, 0.1) is 21.7 Å². The number of nitro benzene ring substituents is 1. The van der Waals surface area contributed by atoms with Crippen LogP contribution in [0.4, 0.5) is 25.0 Å². The number of para-hydroxylation sites is 2. The number of carbonyl (C=O) groups is 1. The molecule has 0 radical (unpaired) electrons. The Kier molecular flexibility index (Phi) is 6.71. The molecule has 0 spiro atoms. The van der Waals surface area contributed by atoms with Gasteiger partial charge in [-0.15, -0.1) is 0 Å². The monoisotopic (exact) mass is 405 g/mol. The van der Waals surface area contributed by atoms with Gasteiger partial charge in [0, 0.05) is 17.7 Å². The number of nitro groups is 1. The molecule has 2 N–H and O–H groups in total. The van der Waals surface area contributed by atoms with E-state index in [9.17, 15) is 23.7 Å². The third kappa shape index (κ3) is 5.47. The average molecular weight is 405 g/mol. The number of benzene rings is 2. The summed E-state index contributed by atoms with van der Waals surface area (Å²) in [6, 6.07) is 8.97. The molecule has 2 aromatic carbocycles. The molecule has 2 amide bonds. The van der Waals surface area contributed by atoms with Gasteiger partial charge in [0.2, 0.25) is 0 Å². The number of nitrogens with one attached hydrogen (secondary N) is 2. The third-order valence-corrected chi connectivity index (χ3v) is 4.88. The highest BCUT2D eigenvalue weighted by atomic mass is 19.1. The Hall–Kier alpha value is -3.07. The largest absolute Gasteiger partial charge is 0.373 e. The predicted octanol–water partition coefficient (Wildman–Crippen LogP) is 4.52. The second-order valence-corrected chi connectivity index (χ2v) is 6.86. The lowest BCUT2D eigenvalue weighted by atomic mass is 9.93. The van der Waals surface area contributed by atoms with E-state index in [1.165, 1.54) is 36.4 Å². The van der Waals surface area contributed by atoms with Crippen LogP contribution in [0.3, 0.4) is 0 Å². The van der Waals surface area contributed by atoms with Gasteiger partial charge in [0.05, 0.1) is 17.6 Å². The van der Waals surface area contributed by atoms with E-state index in [1.807, 2.05) is 0 Å². The van der Waals surface area contributed by atoms with Crippen molar-refractivity contribution in [3.05, 3.63) is 69.8 Å². The molecular weight excluding hydrogens is 384 g/mol. The van der Waals surface area contributed by atoms with E-state index in [4.69, 9.17) is 4.74 Å². The summed E-state index contributed by atoms with van der Waals surface area (Å²) < 4.78 is 32.9. The highest BCUT2D eigenvalue weighted by Gasteiger charge is 2.24. The molecule has 0 bridgehead atoms. The van der Waals surface area contributed by atoms with Crippen LogP contribution in [0.1, 0.15) is 31.2 Å². The highest BCUT2D eigenvalue weighted by molar-refractivity contribution is 5.91. The molecule has 0 atom stereocenters. The second kappa shape index (κ2) is 9.42. The van der Waals surface area contributed by atoms with Crippen molar-refractivity contribution in [3.63, 3.8) is 0 Å². The quantitative estimate of drug-likeness (QED) is 0.546.